The SMILES string of the molecule is O=S(=O)(Nc1ccn(Cc2ccc(Cl)cc2Cl)n1)c1cccs1. The van der Waals surface area contributed by atoms with Crippen LogP contribution < -0.4 is 4.72 Å². The summed E-state index contributed by atoms with van der Waals surface area (Å²) in [5, 5.41) is 7.00. The van der Waals surface area contributed by atoms with Crippen molar-refractivity contribution in [3.8, 4) is 0 Å². The molecule has 0 atom stereocenters. The first-order valence-corrected chi connectivity index (χ1v) is 9.60. The van der Waals surface area contributed by atoms with Gasteiger partial charge in [0, 0.05) is 22.3 Å². The molecule has 0 saturated carbocycles. The van der Waals surface area contributed by atoms with Crippen molar-refractivity contribution in [2.45, 2.75) is 10.8 Å². The number of anilines is 1. The van der Waals surface area contributed by atoms with Crippen molar-refractivity contribution < 1.29 is 8.42 Å². The number of thiophene rings is 1. The lowest BCUT2D eigenvalue weighted by Gasteiger charge is -2.05. The van der Waals surface area contributed by atoms with E-state index in [1.165, 1.54) is 6.07 Å². The minimum Gasteiger partial charge on any atom is -0.266 e. The number of benzene rings is 1. The Morgan fingerprint density at radius 2 is 2.04 bits per heavy atom. The molecule has 2 heterocycles. The molecule has 0 amide bonds. The number of rotatable bonds is 5. The molecular weight excluding hydrogens is 377 g/mol. The van der Waals surface area contributed by atoms with E-state index in [2.05, 4.69) is 9.82 Å². The number of hydrogen-bond donors (Lipinski definition) is 1. The normalized spacial score (nSPS) is 11.6. The Morgan fingerprint density at radius 1 is 1.22 bits per heavy atom. The standard InChI is InChI=1S/C14H11Cl2N3O2S2/c15-11-4-3-10(12(16)8-11)9-19-6-5-13(17-19)18-23(20,21)14-2-1-7-22-14/h1-8H,9H2,(H,17,18). The Kier molecular flexibility index (Phi) is 4.63. The molecule has 0 unspecified atom stereocenters. The highest BCUT2D eigenvalue weighted by molar-refractivity contribution is 7.94. The van der Waals surface area contributed by atoms with Gasteiger partial charge < -0.3 is 0 Å². The summed E-state index contributed by atoms with van der Waals surface area (Å²) in [6.45, 7) is 0.413. The van der Waals surface area contributed by atoms with Crippen molar-refractivity contribution in [1.29, 1.82) is 0 Å². The van der Waals surface area contributed by atoms with Crippen LogP contribution in [0, 0.1) is 0 Å². The van der Waals surface area contributed by atoms with Gasteiger partial charge in [-0.15, -0.1) is 11.3 Å². The molecule has 3 aromatic rings. The molecule has 5 nitrogen and oxygen atoms in total. The molecule has 0 aliphatic heterocycles. The van der Waals surface area contributed by atoms with E-state index in [0.29, 0.717) is 16.6 Å². The number of nitrogens with zero attached hydrogens (tertiary/aromatic N) is 2. The Bertz CT molecular complexity index is 921. The van der Waals surface area contributed by atoms with Gasteiger partial charge in [0.25, 0.3) is 10.0 Å². The third kappa shape index (κ3) is 3.87. The third-order valence-corrected chi connectivity index (χ3v) is 6.33. The van der Waals surface area contributed by atoms with Crippen LogP contribution in [0.1, 0.15) is 5.56 Å². The first kappa shape index (κ1) is 16.3. The summed E-state index contributed by atoms with van der Waals surface area (Å²) >= 11 is 13.1. The van der Waals surface area contributed by atoms with Crippen LogP contribution >= 0.6 is 34.5 Å². The largest absolute Gasteiger partial charge is 0.272 e. The molecule has 9 heteroatoms. The Labute approximate surface area is 147 Å². The van der Waals surface area contributed by atoms with E-state index in [9.17, 15) is 8.42 Å². The van der Waals surface area contributed by atoms with Crippen molar-refractivity contribution >= 4 is 50.4 Å². The number of hydrogen-bond acceptors (Lipinski definition) is 4. The van der Waals surface area contributed by atoms with Gasteiger partial charge in [0.1, 0.15) is 4.21 Å². The highest BCUT2D eigenvalue weighted by Crippen LogP contribution is 2.22. The fourth-order valence-corrected chi connectivity index (χ4v) is 4.39. The predicted molar refractivity (Wildman–Crippen MR) is 92.9 cm³/mol. The lowest BCUT2D eigenvalue weighted by molar-refractivity contribution is 0.602. The second-order valence-corrected chi connectivity index (χ2v) is 8.37. The third-order valence-electron chi connectivity index (χ3n) is 2.99. The maximum absolute atomic E-state index is 12.1. The maximum atomic E-state index is 12.1. The van der Waals surface area contributed by atoms with Gasteiger partial charge in [-0.25, -0.2) is 8.42 Å². The van der Waals surface area contributed by atoms with Gasteiger partial charge in [0.2, 0.25) is 0 Å². The Hall–Kier alpha value is -1.54. The number of halogens is 2. The van der Waals surface area contributed by atoms with Gasteiger partial charge >= 0.3 is 0 Å². The molecular formula is C14H11Cl2N3O2S2. The van der Waals surface area contributed by atoms with Gasteiger partial charge in [-0.05, 0) is 29.1 Å². The zero-order chi connectivity index (χ0) is 16.4. The molecule has 23 heavy (non-hydrogen) atoms. The summed E-state index contributed by atoms with van der Waals surface area (Å²) in [5.74, 6) is 0.253. The zero-order valence-corrected chi connectivity index (χ0v) is 14.8. The number of nitrogens with one attached hydrogen (secondary N) is 1. The molecule has 0 bridgehead atoms. The Morgan fingerprint density at radius 3 is 2.74 bits per heavy atom. The lowest BCUT2D eigenvalue weighted by Crippen LogP contribution is -2.12. The summed E-state index contributed by atoms with van der Waals surface area (Å²) in [6, 6.07) is 10.0. The zero-order valence-electron chi connectivity index (χ0n) is 11.6. The smallest absolute Gasteiger partial charge is 0.266 e. The average molecular weight is 388 g/mol. The first-order valence-electron chi connectivity index (χ1n) is 6.48. The number of aromatic nitrogens is 2. The van der Waals surface area contributed by atoms with Crippen LogP contribution in [-0.2, 0) is 16.6 Å². The summed E-state index contributed by atoms with van der Waals surface area (Å²) in [6.07, 6.45) is 1.68. The average Bonchev–Trinajstić information content (AvgIpc) is 3.13. The quantitative estimate of drug-likeness (QED) is 0.716. The summed E-state index contributed by atoms with van der Waals surface area (Å²) in [5.41, 5.74) is 0.840. The summed E-state index contributed by atoms with van der Waals surface area (Å²) < 4.78 is 28.6. The van der Waals surface area contributed by atoms with Crippen molar-refractivity contribution in [3.05, 3.63) is 63.6 Å². The minimum atomic E-state index is -3.59. The van der Waals surface area contributed by atoms with E-state index in [1.807, 2.05) is 6.07 Å². The minimum absolute atomic E-state index is 0.243. The van der Waals surface area contributed by atoms with Crippen LogP contribution in [0.5, 0.6) is 0 Å². The Balaban J connectivity index is 1.76. The van der Waals surface area contributed by atoms with Crippen molar-refractivity contribution in [2.24, 2.45) is 0 Å². The lowest BCUT2D eigenvalue weighted by atomic mass is 10.2. The van der Waals surface area contributed by atoms with Gasteiger partial charge in [-0.1, -0.05) is 35.3 Å². The molecule has 1 N–H and O–H groups in total. The monoisotopic (exact) mass is 387 g/mol. The van der Waals surface area contributed by atoms with E-state index >= 15 is 0 Å². The van der Waals surface area contributed by atoms with Crippen molar-refractivity contribution in [2.75, 3.05) is 4.72 Å². The van der Waals surface area contributed by atoms with E-state index in [0.717, 1.165) is 16.9 Å². The van der Waals surface area contributed by atoms with Gasteiger partial charge in [-0.3, -0.25) is 9.40 Å². The molecule has 120 valence electrons. The number of sulfonamides is 1. The topological polar surface area (TPSA) is 64.0 Å². The fraction of sp³-hybridized carbons (Fsp3) is 0.0714. The molecule has 0 aliphatic rings. The highest BCUT2D eigenvalue weighted by Gasteiger charge is 2.16. The molecule has 0 radical (unpaired) electrons. The molecule has 0 fully saturated rings. The molecule has 1 aromatic carbocycles. The second-order valence-electron chi connectivity index (χ2n) is 4.67. The maximum Gasteiger partial charge on any atom is 0.272 e. The molecule has 0 spiro atoms. The fourth-order valence-electron chi connectivity index (χ4n) is 1.93. The molecule has 3 rings (SSSR count). The molecule has 0 saturated heterocycles. The molecule has 0 aliphatic carbocycles. The highest BCUT2D eigenvalue weighted by atomic mass is 35.5. The first-order chi connectivity index (χ1) is 10.9. The van der Waals surface area contributed by atoms with E-state index in [1.54, 1.807) is 40.5 Å². The van der Waals surface area contributed by atoms with Gasteiger partial charge in [0.15, 0.2) is 5.82 Å². The van der Waals surface area contributed by atoms with E-state index in [-0.39, 0.29) is 10.0 Å². The van der Waals surface area contributed by atoms with E-state index in [4.69, 9.17) is 23.2 Å². The van der Waals surface area contributed by atoms with Crippen LogP contribution in [0.4, 0.5) is 5.82 Å². The van der Waals surface area contributed by atoms with Gasteiger partial charge in [0.05, 0.1) is 6.54 Å². The van der Waals surface area contributed by atoms with Crippen LogP contribution in [0.2, 0.25) is 10.0 Å². The van der Waals surface area contributed by atoms with Crippen LogP contribution in [-0.4, -0.2) is 18.2 Å². The second kappa shape index (κ2) is 6.52. The van der Waals surface area contributed by atoms with Crippen LogP contribution in [0.3, 0.4) is 0 Å². The van der Waals surface area contributed by atoms with E-state index < -0.39 is 10.0 Å². The van der Waals surface area contributed by atoms with Crippen molar-refractivity contribution in [3.63, 3.8) is 0 Å². The van der Waals surface area contributed by atoms with Gasteiger partial charge in [-0.2, -0.15) is 5.10 Å². The summed E-state index contributed by atoms with van der Waals surface area (Å²) in [7, 11) is -3.59. The van der Waals surface area contributed by atoms with Crippen LogP contribution in [0.25, 0.3) is 0 Å². The predicted octanol–water partition coefficient (Wildman–Crippen LogP) is 4.10. The van der Waals surface area contributed by atoms with Crippen molar-refractivity contribution in [1.82, 2.24) is 9.78 Å². The van der Waals surface area contributed by atoms with Crippen LogP contribution in [0.15, 0.2) is 52.2 Å². The molecule has 2 aromatic heterocycles. The summed E-state index contributed by atoms with van der Waals surface area (Å²) in [4.78, 5) is 0.